The number of ether oxygens (including phenoxy) is 10. The maximum atomic E-state index is 12.1. The van der Waals surface area contributed by atoms with E-state index in [1.54, 1.807) is 0 Å². The molecule has 238 valence electrons. The molecule has 0 aromatic carbocycles. The van der Waals surface area contributed by atoms with E-state index >= 15 is 0 Å². The first kappa shape index (κ1) is 34.8. The third-order valence-corrected chi connectivity index (χ3v) is 5.87. The van der Waals surface area contributed by atoms with Gasteiger partial charge in [0.1, 0.15) is 37.6 Å². The number of aliphatic hydroxyl groups excluding tert-OH is 1. The van der Waals surface area contributed by atoms with E-state index in [1.807, 2.05) is 0 Å². The lowest BCUT2D eigenvalue weighted by Gasteiger charge is -2.48. The van der Waals surface area contributed by atoms with Crippen LogP contribution in [-0.2, 0) is 76.1 Å². The summed E-state index contributed by atoms with van der Waals surface area (Å²) in [5.41, 5.74) is 0. The van der Waals surface area contributed by atoms with Crippen molar-refractivity contribution in [2.24, 2.45) is 0 Å². The van der Waals surface area contributed by atoms with Crippen LogP contribution in [0.4, 0.5) is 0 Å². The highest BCUT2D eigenvalue weighted by Crippen LogP contribution is 2.34. The first-order valence-corrected chi connectivity index (χ1v) is 12.8. The third-order valence-electron chi connectivity index (χ3n) is 5.87. The minimum absolute atomic E-state index is 0.418. The van der Waals surface area contributed by atoms with Gasteiger partial charge in [-0.1, -0.05) is 0 Å². The van der Waals surface area contributed by atoms with E-state index in [0.717, 1.165) is 41.5 Å². The molecule has 2 saturated heterocycles. The van der Waals surface area contributed by atoms with Gasteiger partial charge in [-0.2, -0.15) is 0 Å². The van der Waals surface area contributed by atoms with Crippen LogP contribution in [0.25, 0.3) is 0 Å². The molecule has 2 aliphatic heterocycles. The second-order valence-electron chi connectivity index (χ2n) is 9.31. The van der Waals surface area contributed by atoms with Gasteiger partial charge in [0, 0.05) is 48.7 Å². The SMILES string of the molecule is CO[C@H]1[C@H](OC(C)=O)[C@@H](OC(C)=O)[C@H](O[C@H]2[C@H](OC(C)=O)[C@@H](OC(C)=O)C(O)O[C@@H]2COC(C)=O)O[C@@H]1COC(C)=O. The van der Waals surface area contributed by atoms with E-state index in [1.165, 1.54) is 7.11 Å². The Labute approximate surface area is 240 Å². The number of aliphatic hydroxyl groups is 1. The molecular formula is C25H36O17. The number of rotatable bonds is 11. The van der Waals surface area contributed by atoms with Gasteiger partial charge in [-0.3, -0.25) is 28.8 Å². The average molecular weight is 609 g/mol. The summed E-state index contributed by atoms with van der Waals surface area (Å²) >= 11 is 0. The minimum atomic E-state index is -1.86. The zero-order chi connectivity index (χ0) is 31.7. The van der Waals surface area contributed by atoms with E-state index in [9.17, 15) is 33.9 Å². The summed E-state index contributed by atoms with van der Waals surface area (Å²) < 4.78 is 54.5. The van der Waals surface area contributed by atoms with Gasteiger partial charge in [0.2, 0.25) is 0 Å². The molecule has 17 heteroatoms. The summed E-state index contributed by atoms with van der Waals surface area (Å²) in [6.07, 6.45) is -14.9. The molecular weight excluding hydrogens is 572 g/mol. The lowest BCUT2D eigenvalue weighted by Crippen LogP contribution is -2.66. The van der Waals surface area contributed by atoms with Crippen LogP contribution < -0.4 is 0 Å². The molecule has 2 aliphatic rings. The molecule has 2 heterocycles. The van der Waals surface area contributed by atoms with Crippen LogP contribution >= 0.6 is 0 Å². The molecule has 0 aromatic rings. The van der Waals surface area contributed by atoms with Crippen molar-refractivity contribution in [3.8, 4) is 0 Å². The summed E-state index contributed by atoms with van der Waals surface area (Å²) in [5.74, 6) is -4.80. The molecule has 1 N–H and O–H groups in total. The lowest BCUT2D eigenvalue weighted by atomic mass is 9.96. The zero-order valence-electron chi connectivity index (χ0n) is 24.2. The number of esters is 6. The quantitative estimate of drug-likeness (QED) is 0.213. The van der Waals surface area contributed by atoms with Crippen molar-refractivity contribution in [3.05, 3.63) is 0 Å². The first-order valence-electron chi connectivity index (χ1n) is 12.8. The van der Waals surface area contributed by atoms with Crippen LogP contribution in [0.2, 0.25) is 0 Å². The topological polar surface area (TPSA) is 215 Å². The van der Waals surface area contributed by atoms with Crippen LogP contribution in [-0.4, -0.2) is 123 Å². The Bertz CT molecular complexity index is 997. The van der Waals surface area contributed by atoms with Crippen molar-refractivity contribution >= 4 is 35.8 Å². The van der Waals surface area contributed by atoms with Crippen molar-refractivity contribution in [1.82, 2.24) is 0 Å². The van der Waals surface area contributed by atoms with Gasteiger partial charge in [0.25, 0.3) is 0 Å². The molecule has 2 rings (SSSR count). The normalized spacial score (nSPS) is 32.6. The second-order valence-corrected chi connectivity index (χ2v) is 9.31. The second kappa shape index (κ2) is 15.7. The number of carbonyl (C=O) groups is 6. The molecule has 0 saturated carbocycles. The summed E-state index contributed by atoms with van der Waals surface area (Å²) in [6, 6.07) is 0. The van der Waals surface area contributed by atoms with Crippen LogP contribution in [0, 0.1) is 0 Å². The maximum Gasteiger partial charge on any atom is 0.303 e. The number of hydrogen-bond acceptors (Lipinski definition) is 17. The van der Waals surface area contributed by atoms with E-state index < -0.39 is 110 Å². The summed E-state index contributed by atoms with van der Waals surface area (Å²) in [5, 5.41) is 10.6. The number of carbonyl (C=O) groups excluding carboxylic acids is 6. The Morgan fingerprint density at radius 2 is 0.952 bits per heavy atom. The van der Waals surface area contributed by atoms with Gasteiger partial charge < -0.3 is 52.5 Å². The molecule has 2 fully saturated rings. The van der Waals surface area contributed by atoms with Gasteiger partial charge >= 0.3 is 35.8 Å². The molecule has 0 spiro atoms. The fourth-order valence-corrected chi connectivity index (χ4v) is 4.44. The van der Waals surface area contributed by atoms with Crippen molar-refractivity contribution in [3.63, 3.8) is 0 Å². The molecule has 0 aliphatic carbocycles. The molecule has 0 radical (unpaired) electrons. The predicted octanol–water partition coefficient (Wildman–Crippen LogP) is -1.32. The Kier molecular flexibility index (Phi) is 13.0. The van der Waals surface area contributed by atoms with Gasteiger partial charge in [0.15, 0.2) is 37.0 Å². The number of hydrogen-bond donors (Lipinski definition) is 1. The van der Waals surface area contributed by atoms with Crippen LogP contribution in [0.1, 0.15) is 41.5 Å². The highest BCUT2D eigenvalue weighted by molar-refractivity contribution is 5.68. The van der Waals surface area contributed by atoms with Crippen molar-refractivity contribution in [1.29, 1.82) is 0 Å². The Hall–Kier alpha value is -3.38. The molecule has 0 bridgehead atoms. The van der Waals surface area contributed by atoms with Gasteiger partial charge in [-0.25, -0.2) is 0 Å². The Morgan fingerprint density at radius 3 is 1.38 bits per heavy atom. The van der Waals surface area contributed by atoms with Crippen LogP contribution in [0.15, 0.2) is 0 Å². The van der Waals surface area contributed by atoms with Crippen molar-refractivity contribution in [2.75, 3.05) is 20.3 Å². The molecule has 10 atom stereocenters. The highest BCUT2D eigenvalue weighted by atomic mass is 16.8. The smallest absolute Gasteiger partial charge is 0.303 e. The Balaban J connectivity index is 2.61. The molecule has 17 nitrogen and oxygen atoms in total. The van der Waals surface area contributed by atoms with Gasteiger partial charge in [-0.15, -0.1) is 0 Å². The van der Waals surface area contributed by atoms with E-state index in [0.29, 0.717) is 0 Å². The summed E-state index contributed by atoms with van der Waals surface area (Å²) in [4.78, 5) is 71.2. The standard InChI is InChI=1S/C25H36O17/c1-10(26)34-8-16-18(33-7)20(36-12(3)28)23(39-15(6)31)25(41-16)42-19-17(9-35-11(2)27)40-24(32)22(38-14(5)30)21(19)37-13(4)29/h16-25,32H,8-9H2,1-7H3/t16-,17-,18-,19-,20+,21+,22-,23-,24?,25+/m1/s1. The predicted molar refractivity (Wildman–Crippen MR) is 131 cm³/mol. The largest absolute Gasteiger partial charge is 0.463 e. The van der Waals surface area contributed by atoms with Crippen molar-refractivity contribution < 1.29 is 81.2 Å². The summed E-state index contributed by atoms with van der Waals surface area (Å²) in [6.45, 7) is 5.52. The molecule has 0 amide bonds. The van der Waals surface area contributed by atoms with Crippen LogP contribution in [0.3, 0.4) is 0 Å². The third kappa shape index (κ3) is 9.87. The van der Waals surface area contributed by atoms with Crippen molar-refractivity contribution in [2.45, 2.75) is 103 Å². The molecule has 1 unspecified atom stereocenters. The van der Waals surface area contributed by atoms with Crippen LogP contribution in [0.5, 0.6) is 0 Å². The molecule has 42 heavy (non-hydrogen) atoms. The highest BCUT2D eigenvalue weighted by Gasteiger charge is 2.56. The Morgan fingerprint density at radius 1 is 0.548 bits per heavy atom. The first-order chi connectivity index (χ1) is 19.6. The number of methoxy groups -OCH3 is 1. The fourth-order valence-electron chi connectivity index (χ4n) is 4.44. The lowest BCUT2D eigenvalue weighted by molar-refractivity contribution is -0.358. The maximum absolute atomic E-state index is 12.1. The van der Waals surface area contributed by atoms with Gasteiger partial charge in [0.05, 0.1) is 0 Å². The average Bonchev–Trinajstić information content (AvgIpc) is 2.86. The summed E-state index contributed by atoms with van der Waals surface area (Å²) in [7, 11) is 1.25. The van der Waals surface area contributed by atoms with E-state index in [-0.39, 0.29) is 0 Å². The van der Waals surface area contributed by atoms with E-state index in [2.05, 4.69) is 0 Å². The fraction of sp³-hybridized carbons (Fsp3) is 0.760. The monoisotopic (exact) mass is 608 g/mol. The molecule has 0 aromatic heterocycles. The minimum Gasteiger partial charge on any atom is -0.463 e. The van der Waals surface area contributed by atoms with Gasteiger partial charge in [-0.05, 0) is 0 Å². The zero-order valence-corrected chi connectivity index (χ0v) is 24.2. The van der Waals surface area contributed by atoms with E-state index in [4.69, 9.17) is 47.4 Å².